The maximum Gasteiger partial charge on any atom is 0.254 e. The average molecular weight is 401 g/mol. The number of amides is 1. The lowest BCUT2D eigenvalue weighted by atomic mass is 10.2. The lowest BCUT2D eigenvalue weighted by Gasteiger charge is -2.34. The third-order valence-corrected chi connectivity index (χ3v) is 5.57. The van der Waals surface area contributed by atoms with Crippen LogP contribution in [0.15, 0.2) is 40.4 Å². The molecule has 0 N–H and O–H groups in total. The van der Waals surface area contributed by atoms with Gasteiger partial charge in [-0.25, -0.2) is 4.98 Å². The van der Waals surface area contributed by atoms with Gasteiger partial charge in [-0.3, -0.25) is 9.69 Å². The van der Waals surface area contributed by atoms with E-state index in [9.17, 15) is 9.18 Å². The molecule has 0 bridgehead atoms. The van der Waals surface area contributed by atoms with Gasteiger partial charge in [0.15, 0.2) is 0 Å². The Bertz CT molecular complexity index is 922. The standard InChI is InChI=1S/C19H20FN5O2S/c20-16-13-14(5-6-21-16)19(26)25-10-8-24(9-11-25)7-1-4-17-22-18(23-27-17)15-3-2-12-28-15/h2-3,5-6,12-13H,1,4,7-11H2. The van der Waals surface area contributed by atoms with Crippen LogP contribution in [0.2, 0.25) is 0 Å². The van der Waals surface area contributed by atoms with Gasteiger partial charge in [0.2, 0.25) is 17.7 Å². The van der Waals surface area contributed by atoms with Crippen LogP contribution < -0.4 is 0 Å². The third kappa shape index (κ3) is 4.42. The van der Waals surface area contributed by atoms with Gasteiger partial charge in [-0.1, -0.05) is 11.2 Å². The molecule has 0 atom stereocenters. The van der Waals surface area contributed by atoms with Crippen LogP contribution in [0.25, 0.3) is 10.7 Å². The maximum absolute atomic E-state index is 13.2. The van der Waals surface area contributed by atoms with Crippen molar-refractivity contribution in [3.63, 3.8) is 0 Å². The van der Waals surface area contributed by atoms with E-state index in [1.807, 2.05) is 17.5 Å². The van der Waals surface area contributed by atoms with E-state index in [1.54, 1.807) is 22.3 Å². The Morgan fingerprint density at radius 1 is 1.25 bits per heavy atom. The molecule has 1 aliphatic rings. The number of thiophene rings is 1. The van der Waals surface area contributed by atoms with E-state index in [4.69, 9.17) is 4.52 Å². The molecule has 1 amide bonds. The molecule has 0 aliphatic carbocycles. The van der Waals surface area contributed by atoms with Crippen molar-refractivity contribution in [2.24, 2.45) is 0 Å². The van der Waals surface area contributed by atoms with Gasteiger partial charge in [0, 0.05) is 50.4 Å². The molecule has 0 saturated carbocycles. The molecule has 3 aromatic rings. The summed E-state index contributed by atoms with van der Waals surface area (Å²) in [5.74, 6) is 0.516. The fourth-order valence-electron chi connectivity index (χ4n) is 3.21. The van der Waals surface area contributed by atoms with Crippen molar-refractivity contribution in [1.29, 1.82) is 0 Å². The van der Waals surface area contributed by atoms with Crippen molar-refractivity contribution in [2.45, 2.75) is 12.8 Å². The second-order valence-electron chi connectivity index (χ2n) is 6.59. The molecule has 9 heteroatoms. The van der Waals surface area contributed by atoms with Gasteiger partial charge in [-0.2, -0.15) is 9.37 Å². The molecule has 4 rings (SSSR count). The average Bonchev–Trinajstić information content (AvgIpc) is 3.40. The van der Waals surface area contributed by atoms with Crippen molar-refractivity contribution >= 4 is 17.2 Å². The Hall–Kier alpha value is -2.65. The highest BCUT2D eigenvalue weighted by Gasteiger charge is 2.22. The number of carbonyl (C=O) groups excluding carboxylic acids is 1. The molecule has 7 nitrogen and oxygen atoms in total. The van der Waals surface area contributed by atoms with Crippen molar-refractivity contribution in [3.05, 3.63) is 53.2 Å². The number of rotatable bonds is 6. The lowest BCUT2D eigenvalue weighted by molar-refractivity contribution is 0.0635. The summed E-state index contributed by atoms with van der Waals surface area (Å²) < 4.78 is 18.5. The van der Waals surface area contributed by atoms with Crippen molar-refractivity contribution < 1.29 is 13.7 Å². The number of aryl methyl sites for hydroxylation is 1. The predicted molar refractivity (Wildman–Crippen MR) is 102 cm³/mol. The summed E-state index contributed by atoms with van der Waals surface area (Å²) in [4.78, 5) is 25.5. The van der Waals surface area contributed by atoms with Gasteiger partial charge in [0.25, 0.3) is 5.91 Å². The summed E-state index contributed by atoms with van der Waals surface area (Å²) in [6, 6.07) is 6.67. The minimum Gasteiger partial charge on any atom is -0.339 e. The van der Waals surface area contributed by atoms with Crippen LogP contribution in [0, 0.1) is 5.95 Å². The van der Waals surface area contributed by atoms with Crippen LogP contribution in [0.1, 0.15) is 22.7 Å². The molecular formula is C19H20FN5O2S. The van der Waals surface area contributed by atoms with Crippen LogP contribution >= 0.6 is 11.3 Å². The Labute approximate surface area is 165 Å². The predicted octanol–water partition coefficient (Wildman–Crippen LogP) is 2.72. The summed E-state index contributed by atoms with van der Waals surface area (Å²) in [6.45, 7) is 3.76. The molecule has 3 aromatic heterocycles. The zero-order chi connectivity index (χ0) is 19.3. The van der Waals surface area contributed by atoms with Crippen LogP contribution in [-0.4, -0.2) is 63.6 Å². The zero-order valence-electron chi connectivity index (χ0n) is 15.3. The quantitative estimate of drug-likeness (QED) is 0.591. The molecular weight excluding hydrogens is 381 g/mol. The van der Waals surface area contributed by atoms with E-state index in [0.717, 1.165) is 37.4 Å². The molecule has 0 unspecified atom stereocenters. The molecule has 0 radical (unpaired) electrons. The van der Waals surface area contributed by atoms with Crippen molar-refractivity contribution in [2.75, 3.05) is 32.7 Å². The van der Waals surface area contributed by atoms with Gasteiger partial charge in [0.05, 0.1) is 4.88 Å². The van der Waals surface area contributed by atoms with Crippen LogP contribution in [0.5, 0.6) is 0 Å². The highest BCUT2D eigenvalue weighted by Crippen LogP contribution is 2.21. The molecule has 1 aliphatic heterocycles. The largest absolute Gasteiger partial charge is 0.339 e. The third-order valence-electron chi connectivity index (χ3n) is 4.71. The first-order valence-electron chi connectivity index (χ1n) is 9.19. The number of hydrogen-bond donors (Lipinski definition) is 0. The second kappa shape index (κ2) is 8.57. The molecule has 0 aromatic carbocycles. The van der Waals surface area contributed by atoms with Crippen LogP contribution in [-0.2, 0) is 6.42 Å². The summed E-state index contributed by atoms with van der Waals surface area (Å²) >= 11 is 1.59. The molecule has 146 valence electrons. The summed E-state index contributed by atoms with van der Waals surface area (Å²) in [6.07, 6.45) is 2.96. The van der Waals surface area contributed by atoms with E-state index in [2.05, 4.69) is 20.0 Å². The Kier molecular flexibility index (Phi) is 5.73. The van der Waals surface area contributed by atoms with Gasteiger partial charge in [-0.05, 0) is 30.5 Å². The van der Waals surface area contributed by atoms with E-state index in [1.165, 1.54) is 12.3 Å². The number of nitrogens with zero attached hydrogens (tertiary/aromatic N) is 5. The molecule has 1 fully saturated rings. The van der Waals surface area contributed by atoms with Gasteiger partial charge < -0.3 is 9.42 Å². The maximum atomic E-state index is 13.2. The molecule has 28 heavy (non-hydrogen) atoms. The number of pyridine rings is 1. The Morgan fingerprint density at radius 2 is 2.11 bits per heavy atom. The molecule has 0 spiro atoms. The highest BCUT2D eigenvalue weighted by atomic mass is 32.1. The summed E-state index contributed by atoms with van der Waals surface area (Å²) in [7, 11) is 0. The topological polar surface area (TPSA) is 75.4 Å². The second-order valence-corrected chi connectivity index (χ2v) is 7.54. The van der Waals surface area contributed by atoms with E-state index in [0.29, 0.717) is 30.4 Å². The lowest BCUT2D eigenvalue weighted by Crippen LogP contribution is -2.48. The normalized spacial score (nSPS) is 15.1. The van der Waals surface area contributed by atoms with Gasteiger partial charge >= 0.3 is 0 Å². The van der Waals surface area contributed by atoms with Crippen molar-refractivity contribution in [1.82, 2.24) is 24.9 Å². The monoisotopic (exact) mass is 401 g/mol. The minimum atomic E-state index is -0.632. The number of carbonyl (C=O) groups is 1. The van der Waals surface area contributed by atoms with E-state index >= 15 is 0 Å². The number of halogens is 1. The number of hydrogen-bond acceptors (Lipinski definition) is 7. The number of piperazine rings is 1. The van der Waals surface area contributed by atoms with Crippen LogP contribution in [0.3, 0.4) is 0 Å². The SMILES string of the molecule is O=C(c1ccnc(F)c1)N1CCN(CCCc2nc(-c3cccs3)no2)CC1. The summed E-state index contributed by atoms with van der Waals surface area (Å²) in [5.41, 5.74) is 0.346. The first-order chi connectivity index (χ1) is 13.7. The fourth-order valence-corrected chi connectivity index (χ4v) is 3.86. The van der Waals surface area contributed by atoms with E-state index in [-0.39, 0.29) is 5.91 Å². The molecule has 4 heterocycles. The zero-order valence-corrected chi connectivity index (χ0v) is 16.1. The van der Waals surface area contributed by atoms with Crippen molar-refractivity contribution in [3.8, 4) is 10.7 Å². The van der Waals surface area contributed by atoms with E-state index < -0.39 is 5.95 Å². The summed E-state index contributed by atoms with van der Waals surface area (Å²) in [5, 5.41) is 6.01. The van der Waals surface area contributed by atoms with Gasteiger partial charge in [-0.15, -0.1) is 11.3 Å². The first kappa shape index (κ1) is 18.7. The highest BCUT2D eigenvalue weighted by molar-refractivity contribution is 7.13. The smallest absolute Gasteiger partial charge is 0.254 e. The Balaban J connectivity index is 1.21. The van der Waals surface area contributed by atoms with Crippen LogP contribution in [0.4, 0.5) is 4.39 Å². The number of aromatic nitrogens is 3. The minimum absolute atomic E-state index is 0.145. The first-order valence-corrected chi connectivity index (χ1v) is 10.1. The molecule has 1 saturated heterocycles. The van der Waals surface area contributed by atoms with Gasteiger partial charge in [0.1, 0.15) is 0 Å². The fraction of sp³-hybridized carbons (Fsp3) is 0.368. The Morgan fingerprint density at radius 3 is 2.86 bits per heavy atom.